The lowest BCUT2D eigenvalue weighted by Gasteiger charge is -2.09. The highest BCUT2D eigenvalue weighted by atomic mass is 16.1. The van der Waals surface area contributed by atoms with Gasteiger partial charge in [0.05, 0.1) is 16.6 Å². The Morgan fingerprint density at radius 1 is 1.00 bits per heavy atom. The van der Waals surface area contributed by atoms with Crippen molar-refractivity contribution in [2.45, 2.75) is 6.92 Å². The first-order chi connectivity index (χ1) is 10.3. The molecule has 0 bridgehead atoms. The average molecular weight is 277 g/mol. The Kier molecular flexibility index (Phi) is 2.38. The van der Waals surface area contributed by atoms with E-state index in [0.717, 1.165) is 11.3 Å². The number of aromatic nitrogens is 5. The highest BCUT2D eigenvalue weighted by Crippen LogP contribution is 2.15. The van der Waals surface area contributed by atoms with Gasteiger partial charge in [-0.05, 0) is 41.6 Å². The van der Waals surface area contributed by atoms with Crippen LogP contribution in [-0.4, -0.2) is 24.6 Å². The quantitative estimate of drug-likeness (QED) is 0.531. The normalized spacial score (nSPS) is 11.3. The number of nitrogens with zero attached hydrogens (tertiary/aromatic N) is 5. The summed E-state index contributed by atoms with van der Waals surface area (Å²) in [6, 6.07) is 15.0. The van der Waals surface area contributed by atoms with Crippen molar-refractivity contribution >= 4 is 16.7 Å². The Bertz CT molecular complexity index is 1010. The van der Waals surface area contributed by atoms with Gasteiger partial charge in [-0.15, -0.1) is 0 Å². The van der Waals surface area contributed by atoms with Crippen LogP contribution >= 0.6 is 0 Å². The summed E-state index contributed by atoms with van der Waals surface area (Å²) in [5.41, 5.74) is 2.45. The van der Waals surface area contributed by atoms with Crippen LogP contribution in [0.15, 0.2) is 53.3 Å². The standard InChI is InChI=1S/C15H11N5O/c1-10-6-8-11(9-7-10)19-14(21)12-4-2-3-5-13(12)20-15(19)16-17-18-20/h2-9H,1H3. The van der Waals surface area contributed by atoms with Crippen LogP contribution in [-0.2, 0) is 0 Å². The molecule has 0 spiro atoms. The van der Waals surface area contributed by atoms with Gasteiger partial charge in [0, 0.05) is 0 Å². The Balaban J connectivity index is 2.21. The second-order valence-electron chi connectivity index (χ2n) is 4.88. The lowest BCUT2D eigenvalue weighted by atomic mass is 10.2. The minimum atomic E-state index is -0.128. The molecule has 0 fully saturated rings. The second-order valence-corrected chi connectivity index (χ2v) is 4.88. The number of rotatable bonds is 1. The minimum Gasteiger partial charge on any atom is -0.268 e. The van der Waals surface area contributed by atoms with Crippen molar-refractivity contribution in [3.63, 3.8) is 0 Å². The van der Waals surface area contributed by atoms with E-state index in [9.17, 15) is 4.79 Å². The number of hydrogen-bond acceptors (Lipinski definition) is 4. The molecule has 2 heterocycles. The van der Waals surface area contributed by atoms with Crippen LogP contribution in [0.25, 0.3) is 22.4 Å². The number of fused-ring (bicyclic) bond motifs is 3. The highest BCUT2D eigenvalue weighted by Gasteiger charge is 2.14. The van der Waals surface area contributed by atoms with E-state index in [2.05, 4.69) is 15.5 Å². The van der Waals surface area contributed by atoms with E-state index in [0.29, 0.717) is 16.7 Å². The zero-order valence-corrected chi connectivity index (χ0v) is 11.3. The molecular weight excluding hydrogens is 266 g/mol. The zero-order chi connectivity index (χ0) is 14.4. The fraction of sp³-hybridized carbons (Fsp3) is 0.0667. The van der Waals surface area contributed by atoms with Gasteiger partial charge in [0.1, 0.15) is 0 Å². The third-order valence-corrected chi connectivity index (χ3v) is 3.51. The molecule has 0 atom stereocenters. The first kappa shape index (κ1) is 11.8. The van der Waals surface area contributed by atoms with Crippen LogP contribution in [0.1, 0.15) is 5.56 Å². The summed E-state index contributed by atoms with van der Waals surface area (Å²) in [6.45, 7) is 2.00. The number of benzene rings is 2. The molecule has 0 radical (unpaired) electrons. The maximum atomic E-state index is 12.8. The Morgan fingerprint density at radius 3 is 2.57 bits per heavy atom. The molecule has 0 N–H and O–H groups in total. The summed E-state index contributed by atoms with van der Waals surface area (Å²) < 4.78 is 3.11. The molecule has 0 aliphatic carbocycles. The average Bonchev–Trinajstić information content (AvgIpc) is 2.99. The van der Waals surface area contributed by atoms with Crippen LogP contribution in [0.5, 0.6) is 0 Å². The Labute approximate surface area is 119 Å². The summed E-state index contributed by atoms with van der Waals surface area (Å²) >= 11 is 0. The number of hydrogen-bond donors (Lipinski definition) is 0. The van der Waals surface area contributed by atoms with Crippen molar-refractivity contribution in [2.24, 2.45) is 0 Å². The van der Waals surface area contributed by atoms with Gasteiger partial charge in [-0.25, -0.2) is 4.57 Å². The van der Waals surface area contributed by atoms with E-state index >= 15 is 0 Å². The van der Waals surface area contributed by atoms with Gasteiger partial charge in [-0.3, -0.25) is 4.79 Å². The molecule has 0 saturated carbocycles. The lowest BCUT2D eigenvalue weighted by molar-refractivity contribution is 0.836. The molecule has 102 valence electrons. The maximum absolute atomic E-state index is 12.8. The maximum Gasteiger partial charge on any atom is 0.267 e. The predicted molar refractivity (Wildman–Crippen MR) is 78.6 cm³/mol. The fourth-order valence-electron chi connectivity index (χ4n) is 2.45. The van der Waals surface area contributed by atoms with Crippen molar-refractivity contribution < 1.29 is 0 Å². The topological polar surface area (TPSA) is 65.1 Å². The molecule has 4 rings (SSSR count). The summed E-state index contributed by atoms with van der Waals surface area (Å²) in [6.07, 6.45) is 0. The van der Waals surface area contributed by atoms with Crippen LogP contribution in [0.4, 0.5) is 0 Å². The van der Waals surface area contributed by atoms with Crippen molar-refractivity contribution in [1.29, 1.82) is 0 Å². The monoisotopic (exact) mass is 277 g/mol. The van der Waals surface area contributed by atoms with Crippen LogP contribution in [0, 0.1) is 6.92 Å². The van der Waals surface area contributed by atoms with Gasteiger partial charge < -0.3 is 0 Å². The van der Waals surface area contributed by atoms with E-state index < -0.39 is 0 Å². The van der Waals surface area contributed by atoms with E-state index in [1.165, 1.54) is 4.57 Å². The third-order valence-electron chi connectivity index (χ3n) is 3.51. The molecule has 2 aromatic carbocycles. The van der Waals surface area contributed by atoms with Gasteiger partial charge in [0.15, 0.2) is 0 Å². The van der Waals surface area contributed by atoms with Crippen LogP contribution < -0.4 is 5.56 Å². The van der Waals surface area contributed by atoms with Crippen molar-refractivity contribution in [1.82, 2.24) is 24.6 Å². The molecule has 0 aliphatic heterocycles. The molecule has 6 nitrogen and oxygen atoms in total. The van der Waals surface area contributed by atoms with Crippen molar-refractivity contribution in [2.75, 3.05) is 0 Å². The summed E-state index contributed by atoms with van der Waals surface area (Å²) in [4.78, 5) is 12.8. The summed E-state index contributed by atoms with van der Waals surface area (Å²) in [7, 11) is 0. The first-order valence-electron chi connectivity index (χ1n) is 6.54. The van der Waals surface area contributed by atoms with Crippen LogP contribution in [0.2, 0.25) is 0 Å². The molecule has 0 saturated heterocycles. The highest BCUT2D eigenvalue weighted by molar-refractivity contribution is 5.80. The number of aryl methyl sites for hydroxylation is 1. The molecule has 0 unspecified atom stereocenters. The van der Waals surface area contributed by atoms with E-state index in [4.69, 9.17) is 0 Å². The third kappa shape index (κ3) is 1.66. The minimum absolute atomic E-state index is 0.128. The van der Waals surface area contributed by atoms with Gasteiger partial charge in [-0.2, -0.15) is 4.52 Å². The van der Waals surface area contributed by atoms with Gasteiger partial charge in [-0.1, -0.05) is 34.9 Å². The van der Waals surface area contributed by atoms with Gasteiger partial charge in [0.25, 0.3) is 11.3 Å². The van der Waals surface area contributed by atoms with Gasteiger partial charge in [0.2, 0.25) is 0 Å². The fourth-order valence-corrected chi connectivity index (χ4v) is 2.45. The summed E-state index contributed by atoms with van der Waals surface area (Å²) in [5.74, 6) is 0.405. The van der Waals surface area contributed by atoms with E-state index in [1.807, 2.05) is 49.4 Å². The zero-order valence-electron chi connectivity index (χ0n) is 11.3. The summed E-state index contributed by atoms with van der Waals surface area (Å²) in [5, 5.41) is 12.3. The van der Waals surface area contributed by atoms with Crippen LogP contribution in [0.3, 0.4) is 0 Å². The molecule has 6 heteroatoms. The smallest absolute Gasteiger partial charge is 0.267 e. The first-order valence-corrected chi connectivity index (χ1v) is 6.54. The van der Waals surface area contributed by atoms with Crippen molar-refractivity contribution in [3.8, 4) is 5.69 Å². The SMILES string of the molecule is Cc1ccc(-n2c(=O)c3ccccc3n3nnnc23)cc1. The molecule has 4 aromatic rings. The van der Waals surface area contributed by atoms with E-state index in [1.54, 1.807) is 10.6 Å². The molecule has 2 aromatic heterocycles. The van der Waals surface area contributed by atoms with Gasteiger partial charge >= 0.3 is 0 Å². The lowest BCUT2D eigenvalue weighted by Crippen LogP contribution is -2.21. The van der Waals surface area contributed by atoms with E-state index in [-0.39, 0.29) is 5.56 Å². The second kappa shape index (κ2) is 4.24. The Morgan fingerprint density at radius 2 is 1.76 bits per heavy atom. The number of tetrazole rings is 1. The molecule has 0 amide bonds. The largest absolute Gasteiger partial charge is 0.268 e. The number of para-hydroxylation sites is 1. The molecule has 0 aliphatic rings. The molecule has 21 heavy (non-hydrogen) atoms. The Hall–Kier alpha value is -3.02. The van der Waals surface area contributed by atoms with Crippen molar-refractivity contribution in [3.05, 3.63) is 64.4 Å². The molecular formula is C15H11N5O. The predicted octanol–water partition coefficient (Wildman–Crippen LogP) is 1.74.